The van der Waals surface area contributed by atoms with Crippen LogP contribution in [0.5, 0.6) is 0 Å². The summed E-state index contributed by atoms with van der Waals surface area (Å²) in [7, 11) is 0. The van der Waals surface area contributed by atoms with Crippen LogP contribution in [0.1, 0.15) is 10.5 Å². The van der Waals surface area contributed by atoms with Crippen molar-refractivity contribution in [2.75, 3.05) is 5.32 Å². The zero-order valence-electron chi connectivity index (χ0n) is 8.95. The summed E-state index contributed by atoms with van der Waals surface area (Å²) in [4.78, 5) is 16.0. The Hall–Kier alpha value is -1.10. The second-order valence-electron chi connectivity index (χ2n) is 3.40. The van der Waals surface area contributed by atoms with Gasteiger partial charge in [0.25, 0.3) is 5.91 Å². The number of carbonyl (C=O) groups is 1. The lowest BCUT2D eigenvalue weighted by atomic mass is 10.3. The topological polar surface area (TPSA) is 42.0 Å². The molecule has 18 heavy (non-hydrogen) atoms. The van der Waals surface area contributed by atoms with Crippen LogP contribution < -0.4 is 5.32 Å². The quantitative estimate of drug-likeness (QED) is 0.819. The molecule has 0 atom stereocenters. The fourth-order valence-electron chi connectivity index (χ4n) is 1.33. The fourth-order valence-corrected chi connectivity index (χ4v) is 2.17. The highest BCUT2D eigenvalue weighted by molar-refractivity contribution is 9.10. The Morgan fingerprint density at radius 3 is 2.33 bits per heavy atom. The summed E-state index contributed by atoms with van der Waals surface area (Å²) in [6, 6.07) is 10.1. The molecule has 1 amide bonds. The molecule has 1 aromatic carbocycles. The number of aromatic nitrogens is 1. The molecule has 92 valence electrons. The van der Waals surface area contributed by atoms with Crippen molar-refractivity contribution >= 4 is 50.7 Å². The fraction of sp³-hybridized carbons (Fsp3) is 0. The highest BCUT2D eigenvalue weighted by atomic mass is 79.9. The molecule has 0 aliphatic rings. The van der Waals surface area contributed by atoms with Crippen molar-refractivity contribution in [3.63, 3.8) is 0 Å². The molecule has 0 radical (unpaired) electrons. The second kappa shape index (κ2) is 5.69. The number of rotatable bonds is 2. The van der Waals surface area contributed by atoms with Crippen molar-refractivity contribution in [3.8, 4) is 0 Å². The predicted molar refractivity (Wildman–Crippen MR) is 76.4 cm³/mol. The Kier molecular flexibility index (Phi) is 4.22. The molecule has 2 aromatic rings. The molecule has 0 aliphatic carbocycles. The van der Waals surface area contributed by atoms with E-state index in [0.717, 1.165) is 0 Å². The molecule has 0 saturated carbocycles. The van der Waals surface area contributed by atoms with E-state index in [2.05, 4.69) is 26.2 Å². The average Bonchev–Trinajstić information content (AvgIpc) is 2.34. The Morgan fingerprint density at radius 2 is 1.72 bits per heavy atom. The molecule has 0 aliphatic heterocycles. The number of anilines is 1. The Labute approximate surface area is 122 Å². The van der Waals surface area contributed by atoms with E-state index in [4.69, 9.17) is 23.2 Å². The number of hydrogen-bond donors (Lipinski definition) is 1. The average molecular weight is 346 g/mol. The molecule has 1 N–H and O–H groups in total. The van der Waals surface area contributed by atoms with Crippen molar-refractivity contribution in [2.45, 2.75) is 0 Å². The van der Waals surface area contributed by atoms with E-state index >= 15 is 0 Å². The van der Waals surface area contributed by atoms with Crippen LogP contribution in [0.15, 0.2) is 41.0 Å². The molecule has 3 nitrogen and oxygen atoms in total. The molecule has 0 unspecified atom stereocenters. The molecule has 1 heterocycles. The van der Waals surface area contributed by atoms with Crippen LogP contribution in [0, 0.1) is 0 Å². The lowest BCUT2D eigenvalue weighted by Crippen LogP contribution is -2.14. The molecule has 0 saturated heterocycles. The minimum atomic E-state index is -0.369. The van der Waals surface area contributed by atoms with Crippen LogP contribution in [-0.4, -0.2) is 10.9 Å². The summed E-state index contributed by atoms with van der Waals surface area (Å²) < 4.78 is 0.584. The van der Waals surface area contributed by atoms with Crippen molar-refractivity contribution in [1.82, 2.24) is 4.98 Å². The monoisotopic (exact) mass is 344 g/mol. The molecular weight excluding hydrogens is 339 g/mol. The van der Waals surface area contributed by atoms with Crippen LogP contribution in [0.3, 0.4) is 0 Å². The highest BCUT2D eigenvalue weighted by Crippen LogP contribution is 2.30. The van der Waals surface area contributed by atoms with Gasteiger partial charge in [-0.1, -0.05) is 35.3 Å². The van der Waals surface area contributed by atoms with E-state index in [-0.39, 0.29) is 11.6 Å². The van der Waals surface area contributed by atoms with Gasteiger partial charge in [0.15, 0.2) is 0 Å². The Bertz CT molecular complexity index is 584. The normalized spacial score (nSPS) is 10.2. The first-order valence-corrected chi connectivity index (χ1v) is 6.51. The minimum absolute atomic E-state index is 0.278. The van der Waals surface area contributed by atoms with Crippen LogP contribution in [0.4, 0.5) is 5.69 Å². The zero-order chi connectivity index (χ0) is 13.1. The van der Waals surface area contributed by atoms with Gasteiger partial charge in [-0.2, -0.15) is 0 Å². The van der Waals surface area contributed by atoms with E-state index in [9.17, 15) is 4.79 Å². The number of hydrogen-bond acceptors (Lipinski definition) is 2. The van der Waals surface area contributed by atoms with Gasteiger partial charge in [0.2, 0.25) is 0 Å². The van der Waals surface area contributed by atoms with Crippen molar-refractivity contribution in [3.05, 3.63) is 56.7 Å². The van der Waals surface area contributed by atoms with Gasteiger partial charge in [-0.15, -0.1) is 0 Å². The van der Waals surface area contributed by atoms with Crippen LogP contribution >= 0.6 is 39.1 Å². The SMILES string of the molecule is O=C(Nc1c(Cl)cccc1Cl)c1cccc(Br)n1. The van der Waals surface area contributed by atoms with E-state index < -0.39 is 0 Å². The van der Waals surface area contributed by atoms with Gasteiger partial charge in [0.05, 0.1) is 15.7 Å². The number of amides is 1. The van der Waals surface area contributed by atoms with Gasteiger partial charge < -0.3 is 5.32 Å². The largest absolute Gasteiger partial charge is 0.318 e. The third-order valence-electron chi connectivity index (χ3n) is 2.15. The number of nitrogens with one attached hydrogen (secondary N) is 1. The molecule has 0 bridgehead atoms. The first-order valence-electron chi connectivity index (χ1n) is 4.96. The van der Waals surface area contributed by atoms with E-state index in [1.54, 1.807) is 36.4 Å². The lowest BCUT2D eigenvalue weighted by molar-refractivity contribution is 0.102. The van der Waals surface area contributed by atoms with E-state index in [1.165, 1.54) is 0 Å². The number of benzene rings is 1. The molecular formula is C12H7BrCl2N2O. The molecule has 2 rings (SSSR count). The number of pyridine rings is 1. The Balaban J connectivity index is 2.27. The third-order valence-corrected chi connectivity index (χ3v) is 3.22. The third kappa shape index (κ3) is 3.02. The van der Waals surface area contributed by atoms with Crippen LogP contribution in [-0.2, 0) is 0 Å². The van der Waals surface area contributed by atoms with Gasteiger partial charge in [0, 0.05) is 0 Å². The summed E-state index contributed by atoms with van der Waals surface area (Å²) in [6.45, 7) is 0. The maximum absolute atomic E-state index is 12.0. The molecule has 1 aromatic heterocycles. The van der Waals surface area contributed by atoms with Crippen LogP contribution in [0.2, 0.25) is 10.0 Å². The van der Waals surface area contributed by atoms with E-state index in [1.807, 2.05) is 0 Å². The van der Waals surface area contributed by atoms with E-state index in [0.29, 0.717) is 20.3 Å². The second-order valence-corrected chi connectivity index (χ2v) is 5.02. The van der Waals surface area contributed by atoms with Crippen molar-refractivity contribution in [1.29, 1.82) is 0 Å². The molecule has 6 heteroatoms. The minimum Gasteiger partial charge on any atom is -0.318 e. The van der Waals surface area contributed by atoms with Crippen molar-refractivity contribution in [2.24, 2.45) is 0 Å². The Morgan fingerprint density at radius 1 is 1.11 bits per heavy atom. The predicted octanol–water partition coefficient (Wildman–Crippen LogP) is 4.40. The standard InChI is InChI=1S/C12H7BrCl2N2O/c13-10-6-2-5-9(16-10)12(18)17-11-7(14)3-1-4-8(11)15/h1-6H,(H,17,18). The highest BCUT2D eigenvalue weighted by Gasteiger charge is 2.12. The van der Waals surface area contributed by atoms with Gasteiger partial charge in [0.1, 0.15) is 10.3 Å². The summed E-state index contributed by atoms with van der Waals surface area (Å²) in [5, 5.41) is 3.40. The summed E-state index contributed by atoms with van der Waals surface area (Å²) >= 11 is 15.1. The molecule has 0 spiro atoms. The maximum Gasteiger partial charge on any atom is 0.274 e. The molecule has 0 fully saturated rings. The van der Waals surface area contributed by atoms with Gasteiger partial charge in [-0.3, -0.25) is 4.79 Å². The maximum atomic E-state index is 12.0. The van der Waals surface area contributed by atoms with Crippen molar-refractivity contribution < 1.29 is 4.79 Å². The number of nitrogens with zero attached hydrogens (tertiary/aromatic N) is 1. The smallest absolute Gasteiger partial charge is 0.274 e. The summed E-state index contributed by atoms with van der Waals surface area (Å²) in [5.41, 5.74) is 0.660. The van der Waals surface area contributed by atoms with Gasteiger partial charge >= 0.3 is 0 Å². The number of carbonyl (C=O) groups excluding carboxylic acids is 1. The summed E-state index contributed by atoms with van der Waals surface area (Å²) in [6.07, 6.45) is 0. The summed E-state index contributed by atoms with van der Waals surface area (Å²) in [5.74, 6) is -0.369. The number of para-hydroxylation sites is 1. The lowest BCUT2D eigenvalue weighted by Gasteiger charge is -2.08. The first kappa shape index (κ1) is 13.3. The van der Waals surface area contributed by atoms with Gasteiger partial charge in [-0.25, -0.2) is 4.98 Å². The van der Waals surface area contributed by atoms with Gasteiger partial charge in [-0.05, 0) is 40.2 Å². The number of halogens is 3. The zero-order valence-corrected chi connectivity index (χ0v) is 12.1. The van der Waals surface area contributed by atoms with Crippen LogP contribution in [0.25, 0.3) is 0 Å². The first-order chi connectivity index (χ1) is 8.58.